The number of cyclic esters (lactones) is 1. The van der Waals surface area contributed by atoms with Crippen LogP contribution in [0, 0.1) is 0 Å². The standard InChI is InChI=1S/C22H25N7O5/c1-28-19(30)12-25-15-2-5-18(27-21(15)28)33-10-8-23-7-6-14-13-29(22(31)34-14)17-4-3-16-20(26-17)24-9-11-32-16/h2-5,12,14,23H,6-11,13H2,1H3,(H,24,26). The zero-order chi connectivity index (χ0) is 23.5. The first-order valence-electron chi connectivity index (χ1n) is 11.1. The maximum atomic E-state index is 12.3. The summed E-state index contributed by atoms with van der Waals surface area (Å²) in [4.78, 5) is 38.5. The van der Waals surface area contributed by atoms with Crippen LogP contribution >= 0.6 is 0 Å². The number of hydrogen-bond acceptors (Lipinski definition) is 10. The molecule has 0 saturated carbocycles. The summed E-state index contributed by atoms with van der Waals surface area (Å²) in [6.07, 6.45) is 1.31. The van der Waals surface area contributed by atoms with Crippen molar-refractivity contribution in [1.82, 2.24) is 24.8 Å². The highest BCUT2D eigenvalue weighted by Gasteiger charge is 2.33. The van der Waals surface area contributed by atoms with Crippen LogP contribution in [0.1, 0.15) is 6.42 Å². The first kappa shape index (κ1) is 21.9. The quantitative estimate of drug-likeness (QED) is 0.461. The third-order valence-electron chi connectivity index (χ3n) is 5.61. The van der Waals surface area contributed by atoms with Crippen LogP contribution in [-0.2, 0) is 11.8 Å². The van der Waals surface area contributed by atoms with Gasteiger partial charge in [-0.1, -0.05) is 0 Å². The molecule has 178 valence electrons. The lowest BCUT2D eigenvalue weighted by Crippen LogP contribution is -2.28. The molecule has 1 fully saturated rings. The Hall–Kier alpha value is -3.93. The molecule has 0 spiro atoms. The molecule has 2 aliphatic heterocycles. The van der Waals surface area contributed by atoms with Gasteiger partial charge in [-0.15, -0.1) is 0 Å². The van der Waals surface area contributed by atoms with Gasteiger partial charge in [0.05, 0.1) is 19.3 Å². The predicted octanol–water partition coefficient (Wildman–Crippen LogP) is 0.912. The second-order valence-corrected chi connectivity index (χ2v) is 7.94. The lowest BCUT2D eigenvalue weighted by molar-refractivity contribution is 0.136. The number of rotatable bonds is 8. The predicted molar refractivity (Wildman–Crippen MR) is 124 cm³/mol. The molecule has 5 heterocycles. The molecule has 0 bridgehead atoms. The van der Waals surface area contributed by atoms with Crippen LogP contribution in [0.3, 0.4) is 0 Å². The summed E-state index contributed by atoms with van der Waals surface area (Å²) >= 11 is 0. The maximum Gasteiger partial charge on any atom is 0.415 e. The number of aryl methyl sites for hydroxylation is 1. The molecule has 2 N–H and O–H groups in total. The molecule has 1 atom stereocenters. The normalized spacial score (nSPS) is 17.1. The molecular weight excluding hydrogens is 442 g/mol. The zero-order valence-corrected chi connectivity index (χ0v) is 18.7. The number of hydrogen-bond donors (Lipinski definition) is 2. The van der Waals surface area contributed by atoms with Gasteiger partial charge >= 0.3 is 6.09 Å². The number of carbonyl (C=O) groups is 1. The van der Waals surface area contributed by atoms with Crippen molar-refractivity contribution in [1.29, 1.82) is 0 Å². The summed E-state index contributed by atoms with van der Waals surface area (Å²) in [5.74, 6) is 2.29. The number of aromatic nitrogens is 4. The SMILES string of the molecule is Cn1c(=O)cnc2ccc(OCCNCCC3CN(c4ccc5c(n4)NCCO5)C(=O)O3)nc21. The van der Waals surface area contributed by atoms with Crippen molar-refractivity contribution in [3.8, 4) is 11.6 Å². The summed E-state index contributed by atoms with van der Waals surface area (Å²) in [5, 5.41) is 6.45. The molecule has 3 aromatic heterocycles. The van der Waals surface area contributed by atoms with E-state index in [0.717, 1.165) is 0 Å². The van der Waals surface area contributed by atoms with Crippen molar-refractivity contribution >= 4 is 28.9 Å². The first-order chi connectivity index (χ1) is 16.6. The van der Waals surface area contributed by atoms with Gasteiger partial charge in [-0.2, -0.15) is 4.98 Å². The second-order valence-electron chi connectivity index (χ2n) is 7.94. The fourth-order valence-corrected chi connectivity index (χ4v) is 3.80. The minimum absolute atomic E-state index is 0.223. The molecule has 12 nitrogen and oxygen atoms in total. The van der Waals surface area contributed by atoms with E-state index < -0.39 is 6.09 Å². The molecule has 0 aliphatic carbocycles. The average molecular weight is 467 g/mol. The molecule has 1 unspecified atom stereocenters. The van der Waals surface area contributed by atoms with E-state index in [-0.39, 0.29) is 11.7 Å². The average Bonchev–Trinajstić information content (AvgIpc) is 3.23. The molecule has 12 heteroatoms. The fourth-order valence-electron chi connectivity index (χ4n) is 3.80. The third kappa shape index (κ3) is 4.57. The van der Waals surface area contributed by atoms with Gasteiger partial charge in [0.25, 0.3) is 5.56 Å². The number of nitrogens with one attached hydrogen (secondary N) is 2. The van der Waals surface area contributed by atoms with Crippen molar-refractivity contribution in [2.45, 2.75) is 12.5 Å². The molecule has 2 aliphatic rings. The lowest BCUT2D eigenvalue weighted by atomic mass is 10.2. The minimum Gasteiger partial charge on any atom is -0.488 e. The minimum atomic E-state index is -0.399. The monoisotopic (exact) mass is 467 g/mol. The first-order valence-corrected chi connectivity index (χ1v) is 11.1. The van der Waals surface area contributed by atoms with E-state index in [0.29, 0.717) is 80.2 Å². The Morgan fingerprint density at radius 1 is 1.21 bits per heavy atom. The summed E-state index contributed by atoms with van der Waals surface area (Å²) in [6.45, 7) is 3.37. The number of amides is 1. The van der Waals surface area contributed by atoms with E-state index >= 15 is 0 Å². The van der Waals surface area contributed by atoms with E-state index in [1.54, 1.807) is 25.2 Å². The van der Waals surface area contributed by atoms with Crippen LogP contribution < -0.4 is 30.6 Å². The van der Waals surface area contributed by atoms with Gasteiger partial charge < -0.3 is 24.8 Å². The molecule has 34 heavy (non-hydrogen) atoms. The molecule has 0 radical (unpaired) electrons. The van der Waals surface area contributed by atoms with Gasteiger partial charge in [-0.3, -0.25) is 14.3 Å². The largest absolute Gasteiger partial charge is 0.488 e. The fraction of sp³-hybridized carbons (Fsp3) is 0.409. The van der Waals surface area contributed by atoms with Crippen LogP contribution in [-0.4, -0.2) is 71.1 Å². The number of fused-ring (bicyclic) bond motifs is 2. The van der Waals surface area contributed by atoms with Crippen molar-refractivity contribution < 1.29 is 19.0 Å². The summed E-state index contributed by atoms with van der Waals surface area (Å²) in [6, 6.07) is 7.07. The van der Waals surface area contributed by atoms with Crippen molar-refractivity contribution in [2.75, 3.05) is 49.6 Å². The topological polar surface area (TPSA) is 133 Å². The van der Waals surface area contributed by atoms with E-state index in [1.165, 1.54) is 15.7 Å². The van der Waals surface area contributed by atoms with Gasteiger partial charge in [0.1, 0.15) is 30.7 Å². The van der Waals surface area contributed by atoms with Crippen LogP contribution in [0.25, 0.3) is 11.2 Å². The number of pyridine rings is 2. The molecule has 5 rings (SSSR count). The highest BCUT2D eigenvalue weighted by atomic mass is 16.6. The molecular formula is C22H25N7O5. The second kappa shape index (κ2) is 9.51. The van der Waals surface area contributed by atoms with E-state index in [2.05, 4.69) is 25.6 Å². The van der Waals surface area contributed by atoms with Crippen molar-refractivity contribution in [3.05, 3.63) is 40.8 Å². The van der Waals surface area contributed by atoms with Crippen LogP contribution in [0.15, 0.2) is 35.3 Å². The van der Waals surface area contributed by atoms with Gasteiger partial charge in [0.15, 0.2) is 17.2 Å². The van der Waals surface area contributed by atoms with Crippen molar-refractivity contribution in [2.24, 2.45) is 7.05 Å². The number of nitrogens with zero attached hydrogens (tertiary/aromatic N) is 5. The lowest BCUT2D eigenvalue weighted by Gasteiger charge is -2.20. The van der Waals surface area contributed by atoms with Crippen LogP contribution in [0.2, 0.25) is 0 Å². The van der Waals surface area contributed by atoms with Gasteiger partial charge in [0.2, 0.25) is 5.88 Å². The van der Waals surface area contributed by atoms with E-state index in [9.17, 15) is 9.59 Å². The van der Waals surface area contributed by atoms with Gasteiger partial charge in [-0.25, -0.2) is 14.8 Å². The van der Waals surface area contributed by atoms with Crippen LogP contribution in [0.5, 0.6) is 11.6 Å². The maximum absolute atomic E-state index is 12.3. The smallest absolute Gasteiger partial charge is 0.415 e. The molecule has 3 aromatic rings. The van der Waals surface area contributed by atoms with Gasteiger partial charge in [0, 0.05) is 19.7 Å². The number of ether oxygens (including phenoxy) is 3. The number of anilines is 2. The number of carbonyl (C=O) groups excluding carboxylic acids is 1. The highest BCUT2D eigenvalue weighted by molar-refractivity contribution is 5.89. The third-order valence-corrected chi connectivity index (χ3v) is 5.61. The molecule has 1 amide bonds. The molecule has 1 saturated heterocycles. The summed E-state index contributed by atoms with van der Waals surface area (Å²) < 4.78 is 18.1. The highest BCUT2D eigenvalue weighted by Crippen LogP contribution is 2.30. The Morgan fingerprint density at radius 3 is 3.03 bits per heavy atom. The van der Waals surface area contributed by atoms with E-state index in [1.807, 2.05) is 6.07 Å². The van der Waals surface area contributed by atoms with E-state index in [4.69, 9.17) is 14.2 Å². The Balaban J connectivity index is 1.06. The summed E-state index contributed by atoms with van der Waals surface area (Å²) in [7, 11) is 1.65. The zero-order valence-electron chi connectivity index (χ0n) is 18.7. The van der Waals surface area contributed by atoms with Crippen LogP contribution in [0.4, 0.5) is 16.4 Å². The summed E-state index contributed by atoms with van der Waals surface area (Å²) in [5.41, 5.74) is 0.878. The Labute approximate surface area is 194 Å². The van der Waals surface area contributed by atoms with Crippen molar-refractivity contribution in [3.63, 3.8) is 0 Å². The Bertz CT molecular complexity index is 1260. The van der Waals surface area contributed by atoms with Gasteiger partial charge in [-0.05, 0) is 31.2 Å². The molecule has 0 aromatic carbocycles. The Morgan fingerprint density at radius 2 is 2.12 bits per heavy atom. The Kier molecular flexibility index (Phi) is 6.12.